The first-order valence-corrected chi connectivity index (χ1v) is 5.92. The second-order valence-electron chi connectivity index (χ2n) is 3.43. The van der Waals surface area contributed by atoms with Crippen molar-refractivity contribution in [3.63, 3.8) is 0 Å². The average molecular weight is 250 g/mol. The van der Waals surface area contributed by atoms with E-state index in [0.29, 0.717) is 25.5 Å². The Bertz CT molecular complexity index is 390. The van der Waals surface area contributed by atoms with Crippen LogP contribution in [0, 0.1) is 0 Å². The Morgan fingerprint density at radius 1 is 1.17 bits per heavy atom. The van der Waals surface area contributed by atoms with Crippen molar-refractivity contribution in [1.29, 1.82) is 0 Å². The maximum absolute atomic E-state index is 11.1. The van der Waals surface area contributed by atoms with Crippen molar-refractivity contribution in [3.05, 3.63) is 35.9 Å². The molecule has 0 aliphatic carbocycles. The molecule has 0 aliphatic heterocycles. The van der Waals surface area contributed by atoms with Crippen LogP contribution < -0.4 is 5.43 Å². The lowest BCUT2D eigenvalue weighted by atomic mass is 10.1. The van der Waals surface area contributed by atoms with Crippen molar-refractivity contribution in [2.45, 2.75) is 20.3 Å². The molecule has 5 nitrogen and oxygen atoms in total. The Hall–Kier alpha value is -2.04. The highest BCUT2D eigenvalue weighted by molar-refractivity contribution is 5.80. The van der Waals surface area contributed by atoms with Gasteiger partial charge in [-0.2, -0.15) is 0 Å². The van der Waals surface area contributed by atoms with Gasteiger partial charge in [-0.3, -0.25) is 0 Å². The van der Waals surface area contributed by atoms with Crippen LogP contribution in [-0.2, 0) is 15.9 Å². The molecule has 0 spiro atoms. The van der Waals surface area contributed by atoms with E-state index < -0.39 is 6.09 Å². The molecule has 5 heteroatoms. The first-order valence-electron chi connectivity index (χ1n) is 5.92. The predicted octanol–water partition coefficient (Wildman–Crippen LogP) is 2.33. The van der Waals surface area contributed by atoms with Gasteiger partial charge in [0.25, 0.3) is 0 Å². The molecule has 1 aromatic carbocycles. The number of carbonyl (C=O) groups is 1. The highest BCUT2D eigenvalue weighted by Crippen LogP contribution is 2.01. The summed E-state index contributed by atoms with van der Waals surface area (Å²) >= 11 is 0. The maximum Gasteiger partial charge on any atom is 0.427 e. The van der Waals surface area contributed by atoms with Crippen LogP contribution in [-0.4, -0.2) is 25.2 Å². The van der Waals surface area contributed by atoms with E-state index in [-0.39, 0.29) is 0 Å². The topological polar surface area (TPSA) is 59.9 Å². The largest absolute Gasteiger partial charge is 0.480 e. The Balaban J connectivity index is 2.59. The van der Waals surface area contributed by atoms with Gasteiger partial charge in [-0.1, -0.05) is 30.3 Å². The summed E-state index contributed by atoms with van der Waals surface area (Å²) in [6, 6.07) is 9.77. The maximum atomic E-state index is 11.1. The van der Waals surface area contributed by atoms with E-state index in [1.54, 1.807) is 6.92 Å². The summed E-state index contributed by atoms with van der Waals surface area (Å²) < 4.78 is 10.1. The van der Waals surface area contributed by atoms with Crippen LogP contribution in [0.2, 0.25) is 0 Å². The van der Waals surface area contributed by atoms with E-state index in [1.807, 2.05) is 37.3 Å². The van der Waals surface area contributed by atoms with Crippen LogP contribution in [0.4, 0.5) is 4.79 Å². The lowest BCUT2D eigenvalue weighted by Gasteiger charge is -2.07. The fraction of sp³-hybridized carbons (Fsp3) is 0.385. The SMILES string of the molecule is CCOC(=O)NN=C(Cc1ccccc1)OCC. The number of nitrogens with zero attached hydrogens (tertiary/aromatic N) is 1. The normalized spacial score (nSPS) is 10.9. The number of hydrogen-bond donors (Lipinski definition) is 1. The molecule has 1 amide bonds. The Morgan fingerprint density at radius 2 is 1.83 bits per heavy atom. The Labute approximate surface area is 107 Å². The minimum absolute atomic E-state index is 0.310. The van der Waals surface area contributed by atoms with Gasteiger partial charge in [0.2, 0.25) is 5.90 Å². The average Bonchev–Trinajstić information content (AvgIpc) is 2.38. The summed E-state index contributed by atoms with van der Waals surface area (Å²) in [5.74, 6) is 0.455. The molecule has 0 aromatic heterocycles. The van der Waals surface area contributed by atoms with Gasteiger partial charge in [0, 0.05) is 0 Å². The summed E-state index contributed by atoms with van der Waals surface area (Å²) in [5.41, 5.74) is 3.36. The second-order valence-corrected chi connectivity index (χ2v) is 3.43. The predicted molar refractivity (Wildman–Crippen MR) is 69.4 cm³/mol. The van der Waals surface area contributed by atoms with E-state index in [4.69, 9.17) is 9.47 Å². The van der Waals surface area contributed by atoms with Crippen LogP contribution in [0.3, 0.4) is 0 Å². The molecule has 1 rings (SSSR count). The fourth-order valence-corrected chi connectivity index (χ4v) is 1.33. The molecule has 0 unspecified atom stereocenters. The van der Waals surface area contributed by atoms with Gasteiger partial charge in [-0.25, -0.2) is 10.2 Å². The monoisotopic (exact) mass is 250 g/mol. The first kappa shape index (κ1) is 14.0. The summed E-state index contributed by atoms with van der Waals surface area (Å²) in [5, 5.41) is 3.90. The van der Waals surface area contributed by atoms with E-state index in [1.165, 1.54) is 0 Å². The van der Waals surface area contributed by atoms with Crippen LogP contribution in [0.5, 0.6) is 0 Å². The van der Waals surface area contributed by atoms with Crippen LogP contribution in [0.1, 0.15) is 19.4 Å². The fourth-order valence-electron chi connectivity index (χ4n) is 1.33. The Morgan fingerprint density at radius 3 is 2.44 bits per heavy atom. The smallest absolute Gasteiger partial charge is 0.427 e. The number of benzene rings is 1. The number of amides is 1. The molecule has 0 atom stereocenters. The lowest BCUT2D eigenvalue weighted by Crippen LogP contribution is -2.22. The van der Waals surface area contributed by atoms with Crippen LogP contribution >= 0.6 is 0 Å². The zero-order valence-electron chi connectivity index (χ0n) is 10.7. The number of hydrazone groups is 1. The molecule has 18 heavy (non-hydrogen) atoms. The van der Waals surface area contributed by atoms with Gasteiger partial charge in [0.1, 0.15) is 0 Å². The molecular weight excluding hydrogens is 232 g/mol. The van der Waals surface area contributed by atoms with E-state index in [2.05, 4.69) is 10.5 Å². The minimum atomic E-state index is -0.581. The standard InChI is InChI=1S/C13H18N2O3/c1-3-17-12(14-15-13(16)18-4-2)10-11-8-6-5-7-9-11/h5-9H,3-4,10H2,1-2H3,(H,15,16). The molecule has 1 N–H and O–H groups in total. The van der Waals surface area contributed by atoms with Gasteiger partial charge in [-0.05, 0) is 19.4 Å². The minimum Gasteiger partial charge on any atom is -0.480 e. The van der Waals surface area contributed by atoms with Gasteiger partial charge in [-0.15, -0.1) is 5.10 Å². The van der Waals surface area contributed by atoms with Gasteiger partial charge >= 0.3 is 6.09 Å². The van der Waals surface area contributed by atoms with Crippen molar-refractivity contribution in [2.24, 2.45) is 5.10 Å². The van der Waals surface area contributed by atoms with Crippen molar-refractivity contribution < 1.29 is 14.3 Å². The third-order valence-electron chi connectivity index (χ3n) is 2.06. The molecule has 0 saturated carbocycles. The Kier molecular flexibility index (Phi) is 6.32. The van der Waals surface area contributed by atoms with Crippen LogP contribution in [0.15, 0.2) is 35.4 Å². The molecule has 0 bridgehead atoms. The molecule has 0 saturated heterocycles. The highest BCUT2D eigenvalue weighted by Gasteiger charge is 2.04. The van der Waals surface area contributed by atoms with E-state index >= 15 is 0 Å². The summed E-state index contributed by atoms with van der Waals surface area (Å²) in [6.45, 7) is 4.40. The van der Waals surface area contributed by atoms with Gasteiger partial charge in [0.05, 0.1) is 19.6 Å². The van der Waals surface area contributed by atoms with Crippen molar-refractivity contribution in [3.8, 4) is 0 Å². The van der Waals surface area contributed by atoms with Crippen LogP contribution in [0.25, 0.3) is 0 Å². The molecule has 0 aliphatic rings. The molecule has 0 fully saturated rings. The third-order valence-corrected chi connectivity index (χ3v) is 2.06. The highest BCUT2D eigenvalue weighted by atomic mass is 16.6. The van der Waals surface area contributed by atoms with E-state index in [9.17, 15) is 4.79 Å². The number of hydrogen-bond acceptors (Lipinski definition) is 4. The molecule has 0 radical (unpaired) electrons. The van der Waals surface area contributed by atoms with Crippen molar-refractivity contribution in [1.82, 2.24) is 5.43 Å². The number of carbonyl (C=O) groups excluding carboxylic acids is 1. The number of rotatable bonds is 5. The van der Waals surface area contributed by atoms with Crippen molar-refractivity contribution >= 4 is 12.0 Å². The van der Waals surface area contributed by atoms with Gasteiger partial charge in [0.15, 0.2) is 0 Å². The quantitative estimate of drug-likeness (QED) is 0.495. The molecule has 98 valence electrons. The zero-order valence-corrected chi connectivity index (χ0v) is 10.7. The first-order chi connectivity index (χ1) is 8.76. The zero-order chi connectivity index (χ0) is 13.2. The van der Waals surface area contributed by atoms with Gasteiger partial charge < -0.3 is 9.47 Å². The number of ether oxygens (including phenoxy) is 2. The third kappa shape index (κ3) is 5.34. The summed E-state index contributed by atoms with van der Waals surface area (Å²) in [6.07, 6.45) is -0.0519. The summed E-state index contributed by atoms with van der Waals surface area (Å²) in [4.78, 5) is 11.1. The molecular formula is C13H18N2O3. The lowest BCUT2D eigenvalue weighted by molar-refractivity contribution is 0.152. The van der Waals surface area contributed by atoms with E-state index in [0.717, 1.165) is 5.56 Å². The summed E-state index contributed by atoms with van der Waals surface area (Å²) in [7, 11) is 0. The second kappa shape index (κ2) is 8.11. The molecule has 0 heterocycles. The van der Waals surface area contributed by atoms with Crippen molar-refractivity contribution in [2.75, 3.05) is 13.2 Å². The number of nitrogens with one attached hydrogen (secondary N) is 1. The molecule has 1 aromatic rings.